The summed E-state index contributed by atoms with van der Waals surface area (Å²) in [5, 5.41) is 2.79. The van der Waals surface area contributed by atoms with E-state index < -0.39 is 0 Å². The van der Waals surface area contributed by atoms with Crippen LogP contribution >= 0.6 is 0 Å². The van der Waals surface area contributed by atoms with Crippen molar-refractivity contribution in [2.24, 2.45) is 5.09 Å². The van der Waals surface area contributed by atoms with Gasteiger partial charge in [-0.3, -0.25) is 0 Å². The van der Waals surface area contributed by atoms with E-state index in [0.29, 0.717) is 0 Å². The minimum Gasteiger partial charge on any atom is -0.167 e. The molecule has 0 unspecified atom stereocenters. The first-order valence-electron chi connectivity index (χ1n) is 2.80. The van der Waals surface area contributed by atoms with E-state index in [2.05, 4.69) is 5.09 Å². The van der Waals surface area contributed by atoms with Gasteiger partial charge in [0.2, 0.25) is 0 Å². The fourth-order valence-electron chi connectivity index (χ4n) is 0.368. The van der Waals surface area contributed by atoms with Crippen molar-refractivity contribution in [2.45, 2.75) is 20.2 Å². The van der Waals surface area contributed by atoms with Crippen LogP contribution in [0.1, 0.15) is 13.3 Å². The molecular formula is C5H10BNO. The Labute approximate surface area is 50.0 Å². The molecule has 0 amide bonds. The molecule has 0 radical (unpaired) electrons. The van der Waals surface area contributed by atoms with Gasteiger partial charge in [0.25, 0.3) is 0 Å². The summed E-state index contributed by atoms with van der Waals surface area (Å²) in [4.78, 5) is 9.71. The highest BCUT2D eigenvalue weighted by atomic mass is 16.2. The van der Waals surface area contributed by atoms with E-state index in [1.807, 2.05) is 13.0 Å². The maximum atomic E-state index is 9.71. The van der Waals surface area contributed by atoms with Gasteiger partial charge in [0.05, 0.1) is 0 Å². The topological polar surface area (TPSA) is 29.4 Å². The van der Waals surface area contributed by atoms with Gasteiger partial charge >= 0.3 is 6.85 Å². The fraction of sp³-hybridized carbons (Fsp3) is 0.600. The molecule has 44 valence electrons. The van der Waals surface area contributed by atoms with E-state index in [-0.39, 0.29) is 6.85 Å². The Morgan fingerprint density at radius 1 is 1.75 bits per heavy atom. The number of rotatable bonds is 3. The summed E-state index contributed by atoms with van der Waals surface area (Å²) >= 11 is 0. The number of nitroso groups, excluding NO2 is 1. The van der Waals surface area contributed by atoms with Crippen LogP contribution in [0.4, 0.5) is 0 Å². The van der Waals surface area contributed by atoms with E-state index in [4.69, 9.17) is 0 Å². The molecule has 2 nitrogen and oxygen atoms in total. The molecule has 0 spiro atoms. The summed E-state index contributed by atoms with van der Waals surface area (Å²) in [6.45, 7) is 3.63. The van der Waals surface area contributed by atoms with Crippen molar-refractivity contribution in [2.75, 3.05) is 0 Å². The SMILES string of the molecule is CC/C=C/B(C)N=O. The third kappa shape index (κ3) is 3.59. The molecule has 0 saturated heterocycles. The van der Waals surface area contributed by atoms with Crippen molar-refractivity contribution < 1.29 is 0 Å². The first-order valence-corrected chi connectivity index (χ1v) is 2.80. The van der Waals surface area contributed by atoms with Crippen molar-refractivity contribution in [3.63, 3.8) is 0 Å². The molecule has 0 bridgehead atoms. The van der Waals surface area contributed by atoms with Crippen molar-refractivity contribution in [3.05, 3.63) is 17.0 Å². The summed E-state index contributed by atoms with van der Waals surface area (Å²) in [6, 6.07) is 0. The molecule has 8 heavy (non-hydrogen) atoms. The quantitative estimate of drug-likeness (QED) is 0.403. The summed E-state index contributed by atoms with van der Waals surface area (Å²) in [5.74, 6) is 1.80. The number of hydrogen-bond donors (Lipinski definition) is 0. The van der Waals surface area contributed by atoms with E-state index in [1.54, 1.807) is 12.8 Å². The second-order valence-corrected chi connectivity index (χ2v) is 1.68. The second-order valence-electron chi connectivity index (χ2n) is 1.68. The lowest BCUT2D eigenvalue weighted by molar-refractivity contribution is 1.23. The monoisotopic (exact) mass is 111 g/mol. The van der Waals surface area contributed by atoms with Gasteiger partial charge in [-0.2, -0.15) is 4.91 Å². The molecule has 0 aliphatic carbocycles. The van der Waals surface area contributed by atoms with Gasteiger partial charge in [-0.1, -0.05) is 25.8 Å². The van der Waals surface area contributed by atoms with Crippen LogP contribution in [0.25, 0.3) is 0 Å². The first-order chi connectivity index (χ1) is 3.81. The minimum absolute atomic E-state index is 0.157. The lowest BCUT2D eigenvalue weighted by Gasteiger charge is -1.81. The van der Waals surface area contributed by atoms with E-state index in [1.165, 1.54) is 0 Å². The van der Waals surface area contributed by atoms with Gasteiger partial charge in [0, 0.05) is 0 Å². The second kappa shape index (κ2) is 4.56. The van der Waals surface area contributed by atoms with E-state index in [9.17, 15) is 4.91 Å². The Balaban J connectivity index is 3.35. The molecule has 3 heteroatoms. The first kappa shape index (κ1) is 7.40. The molecule has 0 N–H and O–H groups in total. The van der Waals surface area contributed by atoms with Gasteiger partial charge in [0.15, 0.2) is 0 Å². The summed E-state index contributed by atoms with van der Waals surface area (Å²) < 4.78 is 0. The third-order valence-electron chi connectivity index (χ3n) is 0.817. The fourth-order valence-corrected chi connectivity index (χ4v) is 0.368. The zero-order chi connectivity index (χ0) is 6.41. The zero-order valence-electron chi connectivity index (χ0n) is 5.29. The standard InChI is InChI=1S/C5H10BNO/c1-3-4-5-6(2)7-8/h4-5H,3H2,1-2H3/b5-4+. The van der Waals surface area contributed by atoms with Crippen LogP contribution in [0.15, 0.2) is 17.1 Å². The van der Waals surface area contributed by atoms with Crippen molar-refractivity contribution in [3.8, 4) is 0 Å². The molecule has 0 aliphatic heterocycles. The molecule has 0 fully saturated rings. The van der Waals surface area contributed by atoms with Gasteiger partial charge in [-0.25, -0.2) is 0 Å². The average molecular weight is 111 g/mol. The Hall–Kier alpha value is -0.595. The predicted molar refractivity (Wildman–Crippen MR) is 36.8 cm³/mol. The zero-order valence-corrected chi connectivity index (χ0v) is 5.29. The van der Waals surface area contributed by atoms with Crippen LogP contribution in [-0.2, 0) is 0 Å². The Morgan fingerprint density at radius 2 is 2.38 bits per heavy atom. The van der Waals surface area contributed by atoms with Crippen LogP contribution in [0.2, 0.25) is 6.82 Å². The number of nitrogens with zero attached hydrogens (tertiary/aromatic N) is 1. The van der Waals surface area contributed by atoms with Gasteiger partial charge in [-0.05, 0) is 6.42 Å². The van der Waals surface area contributed by atoms with E-state index >= 15 is 0 Å². The van der Waals surface area contributed by atoms with Gasteiger partial charge in [-0.15, -0.1) is 5.09 Å². The normalized spacial score (nSPS) is 9.75. The van der Waals surface area contributed by atoms with Crippen LogP contribution in [0.5, 0.6) is 0 Å². The van der Waals surface area contributed by atoms with Crippen LogP contribution in [0, 0.1) is 4.91 Å². The number of hydrogen-bond acceptors (Lipinski definition) is 2. The molecular weight excluding hydrogens is 101 g/mol. The molecule has 0 aromatic heterocycles. The summed E-state index contributed by atoms with van der Waals surface area (Å²) in [5.41, 5.74) is 0. The van der Waals surface area contributed by atoms with Gasteiger partial charge < -0.3 is 0 Å². The van der Waals surface area contributed by atoms with Crippen molar-refractivity contribution in [1.82, 2.24) is 0 Å². The average Bonchev–Trinajstić information content (AvgIpc) is 1.83. The smallest absolute Gasteiger partial charge is 0.167 e. The van der Waals surface area contributed by atoms with Crippen LogP contribution in [-0.4, -0.2) is 6.85 Å². The maximum Gasteiger partial charge on any atom is 0.359 e. The molecule has 0 aliphatic rings. The Morgan fingerprint density at radius 3 is 2.75 bits per heavy atom. The summed E-state index contributed by atoms with van der Waals surface area (Å²) in [6.07, 6.45) is 2.91. The molecule has 0 atom stereocenters. The number of allylic oxidation sites excluding steroid dienone is 1. The molecule has 0 rings (SSSR count). The predicted octanol–water partition coefficient (Wildman–Crippen LogP) is 1.88. The Kier molecular flexibility index (Phi) is 4.22. The van der Waals surface area contributed by atoms with Gasteiger partial charge in [0.1, 0.15) is 0 Å². The highest BCUT2D eigenvalue weighted by Crippen LogP contribution is 1.86. The molecule has 0 aromatic carbocycles. The van der Waals surface area contributed by atoms with Crippen molar-refractivity contribution >= 4 is 6.85 Å². The van der Waals surface area contributed by atoms with Crippen LogP contribution < -0.4 is 0 Å². The minimum atomic E-state index is -0.157. The molecule has 0 aromatic rings. The maximum absolute atomic E-state index is 9.71. The lowest BCUT2D eigenvalue weighted by Crippen LogP contribution is -1.94. The van der Waals surface area contributed by atoms with E-state index in [0.717, 1.165) is 6.42 Å². The molecule has 0 saturated carbocycles. The Bertz CT molecular complexity index is 92.4. The van der Waals surface area contributed by atoms with Crippen LogP contribution in [0.3, 0.4) is 0 Å². The molecule has 0 heterocycles. The highest BCUT2D eigenvalue weighted by Gasteiger charge is 1.97. The largest absolute Gasteiger partial charge is 0.359 e. The highest BCUT2D eigenvalue weighted by molar-refractivity contribution is 6.60. The third-order valence-corrected chi connectivity index (χ3v) is 0.817. The lowest BCUT2D eigenvalue weighted by atomic mass is 9.67. The van der Waals surface area contributed by atoms with Crippen molar-refractivity contribution in [1.29, 1.82) is 0 Å². The summed E-state index contributed by atoms with van der Waals surface area (Å²) in [7, 11) is 0.